The van der Waals surface area contributed by atoms with E-state index in [4.69, 9.17) is 11.6 Å². The van der Waals surface area contributed by atoms with Crippen LogP contribution in [0.2, 0.25) is 5.02 Å². The molecule has 5 nitrogen and oxygen atoms in total. The molecule has 1 saturated heterocycles. The van der Waals surface area contributed by atoms with Crippen LogP contribution in [-0.4, -0.2) is 42.9 Å². The van der Waals surface area contributed by atoms with Crippen molar-refractivity contribution in [1.82, 2.24) is 4.90 Å². The second-order valence-corrected chi connectivity index (χ2v) is 8.78. The Labute approximate surface area is 184 Å². The summed E-state index contributed by atoms with van der Waals surface area (Å²) in [6, 6.07) is 13.0. The maximum Gasteiger partial charge on any atom is 0.255 e. The van der Waals surface area contributed by atoms with Gasteiger partial charge in [-0.2, -0.15) is 0 Å². The lowest BCUT2D eigenvalue weighted by molar-refractivity contribution is -0.134. The van der Waals surface area contributed by atoms with Gasteiger partial charge in [0.25, 0.3) is 5.91 Å². The van der Waals surface area contributed by atoms with Crippen LogP contribution in [0, 0.1) is 9.49 Å². The molecule has 0 atom stereocenters. The Morgan fingerprint density at radius 2 is 1.79 bits per heavy atom. The molecule has 1 aliphatic rings. The topological polar surface area (TPSA) is 52.7 Å². The highest BCUT2D eigenvalue weighted by atomic mass is 127. The highest BCUT2D eigenvalue weighted by Gasteiger charge is 2.24. The van der Waals surface area contributed by atoms with Gasteiger partial charge in [-0.1, -0.05) is 31.5 Å². The Balaban J connectivity index is 1.76. The number of nitrogens with zero attached hydrogens (tertiary/aromatic N) is 2. The Morgan fingerprint density at radius 1 is 1.07 bits per heavy atom. The van der Waals surface area contributed by atoms with Crippen LogP contribution in [0.3, 0.4) is 0 Å². The molecule has 2 aromatic carbocycles. The van der Waals surface area contributed by atoms with E-state index < -0.39 is 0 Å². The van der Waals surface area contributed by atoms with Crippen molar-refractivity contribution in [3.8, 4) is 0 Å². The van der Waals surface area contributed by atoms with Crippen LogP contribution in [0.4, 0.5) is 11.4 Å². The van der Waals surface area contributed by atoms with Gasteiger partial charge in [0, 0.05) is 46.3 Å². The van der Waals surface area contributed by atoms with Crippen molar-refractivity contribution >= 4 is 57.4 Å². The quantitative estimate of drug-likeness (QED) is 0.615. The lowest BCUT2D eigenvalue weighted by Crippen LogP contribution is -2.50. The molecule has 0 radical (unpaired) electrons. The molecule has 28 heavy (non-hydrogen) atoms. The number of halogens is 2. The predicted molar refractivity (Wildman–Crippen MR) is 122 cm³/mol. The number of nitrogens with one attached hydrogen (secondary N) is 1. The van der Waals surface area contributed by atoms with E-state index in [9.17, 15) is 9.59 Å². The molecule has 2 amide bonds. The number of piperazine rings is 1. The fourth-order valence-electron chi connectivity index (χ4n) is 3.24. The van der Waals surface area contributed by atoms with Gasteiger partial charge >= 0.3 is 0 Å². The molecule has 1 N–H and O–H groups in total. The summed E-state index contributed by atoms with van der Waals surface area (Å²) in [6.07, 6.45) is 0. The number of anilines is 2. The Hall–Kier alpha value is -1.80. The molecule has 7 heteroatoms. The molecule has 148 valence electrons. The van der Waals surface area contributed by atoms with E-state index in [1.54, 1.807) is 12.1 Å². The molecule has 3 rings (SSSR count). The predicted octanol–water partition coefficient (Wildman–Crippen LogP) is 4.50. The van der Waals surface area contributed by atoms with E-state index in [1.165, 1.54) is 0 Å². The minimum atomic E-state index is -0.171. The van der Waals surface area contributed by atoms with Crippen molar-refractivity contribution in [3.63, 3.8) is 0 Å². The third kappa shape index (κ3) is 4.97. The number of hydrogen-bond donors (Lipinski definition) is 1. The molecule has 2 aromatic rings. The van der Waals surface area contributed by atoms with Gasteiger partial charge in [0.15, 0.2) is 0 Å². The van der Waals surface area contributed by atoms with Crippen LogP contribution in [0.15, 0.2) is 42.5 Å². The van der Waals surface area contributed by atoms with Crippen molar-refractivity contribution in [2.75, 3.05) is 36.4 Å². The van der Waals surface area contributed by atoms with Crippen LogP contribution in [-0.2, 0) is 4.79 Å². The van der Waals surface area contributed by atoms with E-state index in [2.05, 4.69) is 32.8 Å². The number of carbonyl (C=O) groups excluding carboxylic acids is 2. The second kappa shape index (κ2) is 9.13. The molecule has 1 fully saturated rings. The maximum atomic E-state index is 12.7. The highest BCUT2D eigenvalue weighted by Crippen LogP contribution is 2.30. The van der Waals surface area contributed by atoms with Gasteiger partial charge in [-0.3, -0.25) is 9.59 Å². The summed E-state index contributed by atoms with van der Waals surface area (Å²) in [5, 5.41) is 3.56. The number of hydrogen-bond acceptors (Lipinski definition) is 3. The normalized spacial score (nSPS) is 14.3. The minimum absolute atomic E-state index is 0.00518. The van der Waals surface area contributed by atoms with Crippen molar-refractivity contribution in [2.24, 2.45) is 5.92 Å². The number of benzene rings is 2. The first kappa shape index (κ1) is 20.9. The second-order valence-electron chi connectivity index (χ2n) is 7.09. The van der Waals surface area contributed by atoms with Crippen LogP contribution < -0.4 is 10.2 Å². The summed E-state index contributed by atoms with van der Waals surface area (Å²) in [6.45, 7) is 6.62. The van der Waals surface area contributed by atoms with Crippen LogP contribution in [0.1, 0.15) is 24.2 Å². The van der Waals surface area contributed by atoms with Crippen LogP contribution in [0.5, 0.6) is 0 Å². The van der Waals surface area contributed by atoms with Crippen LogP contribution in [0.25, 0.3) is 0 Å². The Bertz CT molecular complexity index is 880. The number of amides is 2. The lowest BCUT2D eigenvalue weighted by Gasteiger charge is -2.37. The standard InChI is InChI=1S/C21H23ClIN3O2/c1-14(2)21(28)26-10-8-25(9-11-26)19-7-6-16(22)13-18(19)24-20(27)15-4-3-5-17(23)12-15/h3-7,12-14H,8-11H2,1-2H3,(H,24,27). The third-order valence-corrected chi connectivity index (χ3v) is 5.63. The fraction of sp³-hybridized carbons (Fsp3) is 0.333. The maximum absolute atomic E-state index is 12.7. The summed E-state index contributed by atoms with van der Waals surface area (Å²) >= 11 is 8.37. The van der Waals surface area contributed by atoms with Gasteiger partial charge < -0.3 is 15.1 Å². The minimum Gasteiger partial charge on any atom is -0.366 e. The lowest BCUT2D eigenvalue weighted by atomic mass is 10.1. The van der Waals surface area contributed by atoms with Gasteiger partial charge in [0.1, 0.15) is 0 Å². The van der Waals surface area contributed by atoms with E-state index in [0.717, 1.165) is 9.26 Å². The van der Waals surface area contributed by atoms with Crippen molar-refractivity contribution in [3.05, 3.63) is 56.6 Å². The number of rotatable bonds is 4. The summed E-state index contributed by atoms with van der Waals surface area (Å²) in [7, 11) is 0. The summed E-state index contributed by atoms with van der Waals surface area (Å²) in [5.74, 6) is 0.0178. The molecule has 0 saturated carbocycles. The molecule has 1 aliphatic heterocycles. The first-order valence-corrected chi connectivity index (χ1v) is 10.7. The van der Waals surface area contributed by atoms with Gasteiger partial charge in [-0.25, -0.2) is 0 Å². The molecule has 0 bridgehead atoms. The van der Waals surface area contributed by atoms with Crippen LogP contribution >= 0.6 is 34.2 Å². The van der Waals surface area contributed by atoms with Gasteiger partial charge in [0.2, 0.25) is 5.91 Å². The van der Waals surface area contributed by atoms with Gasteiger partial charge in [-0.15, -0.1) is 0 Å². The van der Waals surface area contributed by atoms with Crippen molar-refractivity contribution < 1.29 is 9.59 Å². The summed E-state index contributed by atoms with van der Waals surface area (Å²) < 4.78 is 1.00. The van der Waals surface area contributed by atoms with Gasteiger partial charge in [-0.05, 0) is 59.0 Å². The van der Waals surface area contributed by atoms with Gasteiger partial charge in [0.05, 0.1) is 11.4 Å². The highest BCUT2D eigenvalue weighted by molar-refractivity contribution is 14.1. The molecule has 1 heterocycles. The zero-order chi connectivity index (χ0) is 20.3. The van der Waals surface area contributed by atoms with E-state index >= 15 is 0 Å². The first-order valence-electron chi connectivity index (χ1n) is 9.25. The van der Waals surface area contributed by atoms with E-state index in [-0.39, 0.29) is 17.7 Å². The number of carbonyl (C=O) groups is 2. The van der Waals surface area contributed by atoms with Crippen molar-refractivity contribution in [1.29, 1.82) is 0 Å². The smallest absolute Gasteiger partial charge is 0.255 e. The summed E-state index contributed by atoms with van der Waals surface area (Å²) in [5.41, 5.74) is 2.20. The monoisotopic (exact) mass is 511 g/mol. The fourth-order valence-corrected chi connectivity index (χ4v) is 3.96. The Morgan fingerprint density at radius 3 is 2.43 bits per heavy atom. The van der Waals surface area contributed by atoms with Crippen molar-refractivity contribution in [2.45, 2.75) is 13.8 Å². The van der Waals surface area contributed by atoms with E-state index in [0.29, 0.717) is 42.5 Å². The molecule has 0 spiro atoms. The molecule has 0 aromatic heterocycles. The molecule has 0 unspecified atom stereocenters. The Kier molecular flexibility index (Phi) is 6.82. The average molecular weight is 512 g/mol. The zero-order valence-electron chi connectivity index (χ0n) is 15.9. The molecular formula is C21H23ClIN3O2. The summed E-state index contributed by atoms with van der Waals surface area (Å²) in [4.78, 5) is 29.0. The molecular weight excluding hydrogens is 489 g/mol. The zero-order valence-corrected chi connectivity index (χ0v) is 18.8. The SMILES string of the molecule is CC(C)C(=O)N1CCN(c2ccc(Cl)cc2NC(=O)c2cccc(I)c2)CC1. The first-order chi connectivity index (χ1) is 13.3. The third-order valence-electron chi connectivity index (χ3n) is 4.72. The largest absolute Gasteiger partial charge is 0.366 e. The van der Waals surface area contributed by atoms with E-state index in [1.807, 2.05) is 49.1 Å². The molecule has 0 aliphatic carbocycles. The average Bonchev–Trinajstić information content (AvgIpc) is 2.67.